The van der Waals surface area contributed by atoms with Gasteiger partial charge in [0.1, 0.15) is 5.82 Å². The normalized spacial score (nSPS) is 10.0. The van der Waals surface area contributed by atoms with Crippen molar-refractivity contribution < 1.29 is 4.79 Å². The van der Waals surface area contributed by atoms with Gasteiger partial charge in [-0.15, -0.1) is 0 Å². The fraction of sp³-hybridized carbons (Fsp3) is 0. The Labute approximate surface area is 69.6 Å². The Hall–Kier alpha value is -1.77. The van der Waals surface area contributed by atoms with Gasteiger partial charge in [-0.1, -0.05) is 0 Å². The summed E-state index contributed by atoms with van der Waals surface area (Å²) in [6.07, 6.45) is 4.50. The Kier molecular flexibility index (Phi) is 1.55. The summed E-state index contributed by atoms with van der Waals surface area (Å²) < 4.78 is 1.80. The first-order valence-corrected chi connectivity index (χ1v) is 3.68. The molecule has 3 heteroatoms. The molecule has 0 saturated heterocycles. The molecule has 3 nitrogen and oxygen atoms in total. The van der Waals surface area contributed by atoms with Gasteiger partial charge in [0.2, 0.25) is 0 Å². The molecule has 0 aliphatic heterocycles. The molecule has 2 aromatic heterocycles. The highest BCUT2D eigenvalue weighted by Gasteiger charge is 2.00. The molecule has 0 radical (unpaired) electrons. The van der Waals surface area contributed by atoms with Crippen molar-refractivity contribution in [3.8, 4) is 5.82 Å². The number of aldehydes is 1. The Bertz CT molecular complexity index is 373. The third-order valence-electron chi connectivity index (χ3n) is 1.74. The van der Waals surface area contributed by atoms with Crippen molar-refractivity contribution in [3.05, 3.63) is 42.4 Å². The molecule has 1 N–H and O–H groups in total. The molecule has 0 bridgehead atoms. The summed E-state index contributed by atoms with van der Waals surface area (Å²) in [5.74, 6) is 0.905. The quantitative estimate of drug-likeness (QED) is 0.666. The topological polar surface area (TPSA) is 37.8 Å². The fourth-order valence-electron chi connectivity index (χ4n) is 1.18. The van der Waals surface area contributed by atoms with Crippen molar-refractivity contribution in [3.63, 3.8) is 0 Å². The van der Waals surface area contributed by atoms with Gasteiger partial charge in [-0.3, -0.25) is 4.79 Å². The second-order valence-electron chi connectivity index (χ2n) is 2.48. The zero-order valence-electron chi connectivity index (χ0n) is 6.40. The van der Waals surface area contributed by atoms with E-state index in [1.54, 1.807) is 10.6 Å². The lowest BCUT2D eigenvalue weighted by Gasteiger charge is -1.99. The molecule has 2 heterocycles. The number of hydrogen-bond donors (Lipinski definition) is 1. The lowest BCUT2D eigenvalue weighted by molar-refractivity contribution is 0.111. The highest BCUT2D eigenvalue weighted by Crippen LogP contribution is 2.07. The number of H-pyrrole nitrogens is 1. The largest absolute Gasteiger partial charge is 0.348 e. The van der Waals surface area contributed by atoms with Crippen LogP contribution in [0.5, 0.6) is 0 Å². The standard InChI is InChI=1S/C9H8N2O/c12-7-8-3-2-6-11(8)9-4-1-5-10-9/h1-7,10H. The summed E-state index contributed by atoms with van der Waals surface area (Å²) in [5, 5.41) is 0. The smallest absolute Gasteiger partial charge is 0.166 e. The van der Waals surface area contributed by atoms with Gasteiger partial charge in [-0.25, -0.2) is 0 Å². The SMILES string of the molecule is O=Cc1cccn1-c1ccc[nH]1. The predicted molar refractivity (Wildman–Crippen MR) is 45.5 cm³/mol. The summed E-state index contributed by atoms with van der Waals surface area (Å²) in [6, 6.07) is 7.41. The van der Waals surface area contributed by atoms with Gasteiger partial charge in [0.05, 0.1) is 5.69 Å². The molecule has 0 aliphatic carbocycles. The van der Waals surface area contributed by atoms with Crippen molar-refractivity contribution in [2.45, 2.75) is 0 Å². The van der Waals surface area contributed by atoms with Crippen molar-refractivity contribution in [2.24, 2.45) is 0 Å². The minimum Gasteiger partial charge on any atom is -0.348 e. The highest BCUT2D eigenvalue weighted by molar-refractivity contribution is 5.73. The number of carbonyl (C=O) groups is 1. The molecule has 0 fully saturated rings. The van der Waals surface area contributed by atoms with Crippen LogP contribution in [0.15, 0.2) is 36.7 Å². The van der Waals surface area contributed by atoms with Crippen LogP contribution >= 0.6 is 0 Å². The van der Waals surface area contributed by atoms with E-state index in [1.165, 1.54) is 0 Å². The zero-order valence-corrected chi connectivity index (χ0v) is 6.40. The maximum absolute atomic E-state index is 10.5. The van der Waals surface area contributed by atoms with E-state index in [0.717, 1.165) is 12.1 Å². The van der Waals surface area contributed by atoms with Gasteiger partial charge in [0.15, 0.2) is 6.29 Å². The van der Waals surface area contributed by atoms with Crippen LogP contribution in [-0.2, 0) is 0 Å². The average molecular weight is 160 g/mol. The van der Waals surface area contributed by atoms with Crippen LogP contribution in [0.25, 0.3) is 5.82 Å². The van der Waals surface area contributed by atoms with Gasteiger partial charge >= 0.3 is 0 Å². The Morgan fingerprint density at radius 3 is 2.92 bits per heavy atom. The van der Waals surface area contributed by atoms with Gasteiger partial charge < -0.3 is 9.55 Å². The molecule has 0 spiro atoms. The van der Waals surface area contributed by atoms with E-state index >= 15 is 0 Å². The van der Waals surface area contributed by atoms with Crippen LogP contribution in [0.1, 0.15) is 10.5 Å². The Morgan fingerprint density at radius 2 is 2.25 bits per heavy atom. The molecular weight excluding hydrogens is 152 g/mol. The summed E-state index contributed by atoms with van der Waals surface area (Å²) in [4.78, 5) is 13.6. The third-order valence-corrected chi connectivity index (χ3v) is 1.74. The average Bonchev–Trinajstić information content (AvgIpc) is 2.74. The number of hydrogen-bond acceptors (Lipinski definition) is 1. The molecule has 0 saturated carbocycles. The number of carbonyl (C=O) groups excluding carboxylic acids is 1. The number of aromatic nitrogens is 2. The Balaban J connectivity index is 2.53. The maximum Gasteiger partial charge on any atom is 0.166 e. The molecule has 0 unspecified atom stereocenters. The second-order valence-corrected chi connectivity index (χ2v) is 2.48. The lowest BCUT2D eigenvalue weighted by Crippen LogP contribution is -1.96. The molecule has 0 amide bonds. The minimum atomic E-state index is 0.650. The molecular formula is C9H8N2O. The van der Waals surface area contributed by atoms with E-state index < -0.39 is 0 Å². The number of aromatic amines is 1. The predicted octanol–water partition coefficient (Wildman–Crippen LogP) is 1.62. The highest BCUT2D eigenvalue weighted by atomic mass is 16.1. The fourth-order valence-corrected chi connectivity index (χ4v) is 1.18. The third kappa shape index (κ3) is 0.955. The first-order chi connectivity index (χ1) is 5.92. The van der Waals surface area contributed by atoms with Crippen LogP contribution in [0.4, 0.5) is 0 Å². The molecule has 0 atom stereocenters. The van der Waals surface area contributed by atoms with Crippen LogP contribution in [0.3, 0.4) is 0 Å². The van der Waals surface area contributed by atoms with E-state index in [-0.39, 0.29) is 0 Å². The van der Waals surface area contributed by atoms with Gasteiger partial charge in [0.25, 0.3) is 0 Å². The monoisotopic (exact) mass is 160 g/mol. The van der Waals surface area contributed by atoms with Crippen molar-refractivity contribution >= 4 is 6.29 Å². The molecule has 2 aromatic rings. The molecule has 12 heavy (non-hydrogen) atoms. The van der Waals surface area contributed by atoms with Crippen LogP contribution in [0.2, 0.25) is 0 Å². The van der Waals surface area contributed by atoms with Crippen LogP contribution in [-0.4, -0.2) is 15.8 Å². The summed E-state index contributed by atoms with van der Waals surface area (Å²) in [7, 11) is 0. The maximum atomic E-state index is 10.5. The van der Waals surface area contributed by atoms with E-state index in [4.69, 9.17) is 0 Å². The first kappa shape index (κ1) is 6.91. The van der Waals surface area contributed by atoms with Crippen LogP contribution in [0, 0.1) is 0 Å². The molecule has 0 aliphatic rings. The minimum absolute atomic E-state index is 0.650. The van der Waals surface area contributed by atoms with E-state index in [1.807, 2.05) is 30.6 Å². The van der Waals surface area contributed by atoms with E-state index in [9.17, 15) is 4.79 Å². The first-order valence-electron chi connectivity index (χ1n) is 3.68. The van der Waals surface area contributed by atoms with E-state index in [0.29, 0.717) is 5.69 Å². The zero-order chi connectivity index (χ0) is 8.39. The summed E-state index contributed by atoms with van der Waals surface area (Å²) >= 11 is 0. The van der Waals surface area contributed by atoms with E-state index in [2.05, 4.69) is 4.98 Å². The number of rotatable bonds is 2. The van der Waals surface area contributed by atoms with Gasteiger partial charge in [-0.2, -0.15) is 0 Å². The molecule has 60 valence electrons. The lowest BCUT2D eigenvalue weighted by atomic mass is 10.4. The van der Waals surface area contributed by atoms with Crippen molar-refractivity contribution in [1.29, 1.82) is 0 Å². The molecule has 2 rings (SSSR count). The van der Waals surface area contributed by atoms with Gasteiger partial charge in [-0.05, 0) is 24.3 Å². The summed E-state index contributed by atoms with van der Waals surface area (Å²) in [5.41, 5.74) is 0.650. The Morgan fingerprint density at radius 1 is 1.33 bits per heavy atom. The second kappa shape index (κ2) is 2.70. The summed E-state index contributed by atoms with van der Waals surface area (Å²) in [6.45, 7) is 0. The number of nitrogens with one attached hydrogen (secondary N) is 1. The van der Waals surface area contributed by atoms with Gasteiger partial charge in [0, 0.05) is 12.4 Å². The molecule has 0 aromatic carbocycles. The number of nitrogens with zero attached hydrogens (tertiary/aromatic N) is 1. The van der Waals surface area contributed by atoms with Crippen LogP contribution < -0.4 is 0 Å². The van der Waals surface area contributed by atoms with Crippen molar-refractivity contribution in [2.75, 3.05) is 0 Å². The van der Waals surface area contributed by atoms with Crippen molar-refractivity contribution in [1.82, 2.24) is 9.55 Å².